The minimum atomic E-state index is -1.01. The lowest BCUT2D eigenvalue weighted by atomic mass is 9.98. The molecule has 4 aromatic carbocycles. The van der Waals surface area contributed by atoms with Gasteiger partial charge in [-0.15, -0.1) is 0 Å². The number of rotatable bonds is 7. The highest BCUT2D eigenvalue weighted by atomic mass is 19.1. The van der Waals surface area contributed by atoms with E-state index >= 15 is 0 Å². The van der Waals surface area contributed by atoms with Gasteiger partial charge in [-0.3, -0.25) is 4.79 Å². The normalized spacial score (nSPS) is 12.0. The lowest BCUT2D eigenvalue weighted by molar-refractivity contribution is 0.0696. The largest absolute Gasteiger partial charge is 0.478 e. The zero-order valence-electron chi connectivity index (χ0n) is 22.3. The van der Waals surface area contributed by atoms with Crippen LogP contribution in [-0.2, 0) is 6.42 Å². The van der Waals surface area contributed by atoms with Crippen molar-refractivity contribution in [3.63, 3.8) is 0 Å². The van der Waals surface area contributed by atoms with Crippen molar-refractivity contribution < 1.29 is 19.1 Å². The van der Waals surface area contributed by atoms with E-state index in [1.165, 1.54) is 18.2 Å². The molecule has 6 aromatic rings. The monoisotopic (exact) mass is 542 g/mol. The van der Waals surface area contributed by atoms with Gasteiger partial charge in [0.15, 0.2) is 0 Å². The minimum Gasteiger partial charge on any atom is -0.478 e. The smallest absolute Gasteiger partial charge is 0.335 e. The van der Waals surface area contributed by atoms with E-state index in [0.29, 0.717) is 23.1 Å². The van der Waals surface area contributed by atoms with Crippen molar-refractivity contribution in [2.45, 2.75) is 19.4 Å². The van der Waals surface area contributed by atoms with Crippen molar-refractivity contribution >= 4 is 28.2 Å². The van der Waals surface area contributed by atoms with Crippen LogP contribution in [0.5, 0.6) is 0 Å². The lowest BCUT2D eigenvalue weighted by Crippen LogP contribution is -2.27. The van der Waals surface area contributed by atoms with E-state index in [4.69, 9.17) is 0 Å². The molecule has 1 atom stereocenters. The maximum absolute atomic E-state index is 14.8. The second-order valence-electron chi connectivity index (χ2n) is 10.2. The fourth-order valence-electron chi connectivity index (χ4n) is 5.32. The molecule has 6 rings (SSSR count). The number of hydrogen-bond donors (Lipinski definition) is 2. The molecule has 6 heteroatoms. The Labute approximate surface area is 236 Å². The van der Waals surface area contributed by atoms with Crippen LogP contribution < -0.4 is 5.32 Å². The number of nitrogens with zero attached hydrogens (tertiary/aromatic N) is 1. The molecule has 0 aliphatic carbocycles. The van der Waals surface area contributed by atoms with Crippen LogP contribution in [0.15, 0.2) is 116 Å². The first-order valence-electron chi connectivity index (χ1n) is 13.4. The van der Waals surface area contributed by atoms with Crippen LogP contribution in [-0.4, -0.2) is 21.4 Å². The summed E-state index contributed by atoms with van der Waals surface area (Å²) < 4.78 is 16.7. The van der Waals surface area contributed by atoms with Crippen LogP contribution in [0, 0.1) is 5.82 Å². The third-order valence-electron chi connectivity index (χ3n) is 7.47. The van der Waals surface area contributed by atoms with Gasteiger partial charge in [0.2, 0.25) is 0 Å². The summed E-state index contributed by atoms with van der Waals surface area (Å²) in [5.74, 6) is -1.68. The molecule has 2 aromatic heterocycles. The van der Waals surface area contributed by atoms with Gasteiger partial charge < -0.3 is 14.8 Å². The van der Waals surface area contributed by atoms with Gasteiger partial charge in [0.1, 0.15) is 5.82 Å². The van der Waals surface area contributed by atoms with Crippen LogP contribution >= 0.6 is 0 Å². The Morgan fingerprint density at radius 3 is 2.37 bits per heavy atom. The summed E-state index contributed by atoms with van der Waals surface area (Å²) in [6.45, 7) is 1.85. The molecule has 0 aliphatic heterocycles. The number of aromatic nitrogens is 1. The highest BCUT2D eigenvalue weighted by molar-refractivity contribution is 6.03. The number of carbonyl (C=O) groups is 2. The van der Waals surface area contributed by atoms with Gasteiger partial charge in [-0.1, -0.05) is 72.8 Å². The predicted molar refractivity (Wildman–Crippen MR) is 159 cm³/mol. The standard InChI is InChI=1S/C35H27FN2O3/c1-22(24-12-14-26(15-13-24)35(40)41)37-34(39)31-20-29(30-8-4-5-9-32(30)36)21-38-17-16-28(33(31)38)19-23-10-11-25-6-2-3-7-27(25)18-23/h2-18,20-22H,19H2,1H3,(H,37,39)(H,40,41)/t22-/m0/s1. The number of benzene rings is 4. The van der Waals surface area contributed by atoms with Gasteiger partial charge in [0.05, 0.1) is 22.7 Å². The van der Waals surface area contributed by atoms with Crippen molar-refractivity contribution in [2.24, 2.45) is 0 Å². The van der Waals surface area contributed by atoms with Crippen molar-refractivity contribution in [3.8, 4) is 11.1 Å². The number of carboxylic acid groups (broad SMARTS) is 1. The topological polar surface area (TPSA) is 70.8 Å². The second kappa shape index (κ2) is 10.7. The van der Waals surface area contributed by atoms with Crippen LogP contribution in [0.4, 0.5) is 4.39 Å². The molecule has 0 saturated carbocycles. The van der Waals surface area contributed by atoms with Gasteiger partial charge in [-0.05, 0) is 71.1 Å². The molecule has 0 aliphatic rings. The number of carbonyl (C=O) groups excluding carboxylic acids is 1. The second-order valence-corrected chi connectivity index (χ2v) is 10.2. The number of halogens is 1. The van der Waals surface area contributed by atoms with Gasteiger partial charge in [-0.25, -0.2) is 9.18 Å². The summed E-state index contributed by atoms with van der Waals surface area (Å²) in [6.07, 6.45) is 4.37. The van der Waals surface area contributed by atoms with Gasteiger partial charge in [0, 0.05) is 23.5 Å². The van der Waals surface area contributed by atoms with Crippen molar-refractivity contribution in [1.82, 2.24) is 9.72 Å². The molecule has 0 saturated heterocycles. The zero-order chi connectivity index (χ0) is 28.5. The molecule has 0 unspecified atom stereocenters. The summed E-state index contributed by atoms with van der Waals surface area (Å²) in [5, 5.41) is 14.6. The average Bonchev–Trinajstić information content (AvgIpc) is 3.39. The van der Waals surface area contributed by atoms with Crippen molar-refractivity contribution in [2.75, 3.05) is 0 Å². The highest BCUT2D eigenvalue weighted by Crippen LogP contribution is 2.30. The first-order valence-corrected chi connectivity index (χ1v) is 13.4. The fraction of sp³-hybridized carbons (Fsp3) is 0.0857. The van der Waals surface area contributed by atoms with Crippen molar-refractivity contribution in [1.29, 1.82) is 0 Å². The average molecular weight is 543 g/mol. The van der Waals surface area contributed by atoms with E-state index < -0.39 is 5.97 Å². The Kier molecular flexibility index (Phi) is 6.81. The third kappa shape index (κ3) is 5.20. The molecule has 2 heterocycles. The third-order valence-corrected chi connectivity index (χ3v) is 7.47. The quantitative estimate of drug-likeness (QED) is 0.217. The molecule has 1 amide bonds. The Morgan fingerprint density at radius 1 is 0.878 bits per heavy atom. The summed E-state index contributed by atoms with van der Waals surface area (Å²) in [4.78, 5) is 25.1. The number of nitrogens with one attached hydrogen (secondary N) is 1. The van der Waals surface area contributed by atoms with Gasteiger partial charge in [-0.2, -0.15) is 0 Å². The number of carboxylic acids is 1. The van der Waals surface area contributed by atoms with Crippen LogP contribution in [0.2, 0.25) is 0 Å². The van der Waals surface area contributed by atoms with Gasteiger partial charge in [0.25, 0.3) is 5.91 Å². The summed E-state index contributed by atoms with van der Waals surface area (Å²) in [5.41, 5.74) is 5.23. The molecule has 2 N–H and O–H groups in total. The van der Waals surface area contributed by atoms with E-state index in [2.05, 4.69) is 35.6 Å². The van der Waals surface area contributed by atoms with E-state index in [1.54, 1.807) is 36.4 Å². The maximum Gasteiger partial charge on any atom is 0.335 e. The zero-order valence-corrected chi connectivity index (χ0v) is 22.3. The summed E-state index contributed by atoms with van der Waals surface area (Å²) in [7, 11) is 0. The van der Waals surface area contributed by atoms with E-state index in [1.807, 2.05) is 41.9 Å². The molecule has 0 bridgehead atoms. The molecule has 0 fully saturated rings. The predicted octanol–water partition coefficient (Wildman–Crippen LogP) is 7.68. The first-order chi connectivity index (χ1) is 19.9. The molecule has 0 spiro atoms. The maximum atomic E-state index is 14.8. The van der Waals surface area contributed by atoms with Crippen LogP contribution in [0.25, 0.3) is 27.4 Å². The molecular formula is C35H27FN2O3. The molecular weight excluding hydrogens is 515 g/mol. The molecule has 41 heavy (non-hydrogen) atoms. The number of pyridine rings is 1. The number of hydrogen-bond acceptors (Lipinski definition) is 2. The molecule has 5 nitrogen and oxygen atoms in total. The van der Waals surface area contributed by atoms with E-state index in [9.17, 15) is 19.1 Å². The highest BCUT2D eigenvalue weighted by Gasteiger charge is 2.20. The number of aromatic carboxylic acids is 1. The van der Waals surface area contributed by atoms with E-state index in [0.717, 1.165) is 33.0 Å². The summed E-state index contributed by atoms with van der Waals surface area (Å²) in [6, 6.07) is 30.9. The first kappa shape index (κ1) is 26.0. The van der Waals surface area contributed by atoms with Gasteiger partial charge >= 0.3 is 5.97 Å². The fourth-order valence-corrected chi connectivity index (χ4v) is 5.32. The van der Waals surface area contributed by atoms with Crippen molar-refractivity contribution in [3.05, 3.63) is 149 Å². The molecule has 202 valence electrons. The minimum absolute atomic E-state index is 0.179. The Balaban J connectivity index is 1.41. The Hall–Kier alpha value is -5.23. The molecule has 0 radical (unpaired) electrons. The number of amides is 1. The van der Waals surface area contributed by atoms with E-state index in [-0.39, 0.29) is 23.3 Å². The lowest BCUT2D eigenvalue weighted by Gasteiger charge is -2.17. The summed E-state index contributed by atoms with van der Waals surface area (Å²) >= 11 is 0. The number of fused-ring (bicyclic) bond motifs is 2. The SMILES string of the molecule is C[C@H](NC(=O)c1cc(-c2ccccc2F)cn2ccc(Cc3ccc4ccccc4c3)c12)c1ccc(C(=O)O)cc1. The van der Waals surface area contributed by atoms with Crippen LogP contribution in [0.3, 0.4) is 0 Å². The van der Waals surface area contributed by atoms with Crippen LogP contribution in [0.1, 0.15) is 50.4 Å². The Morgan fingerprint density at radius 2 is 1.61 bits per heavy atom. The Bertz CT molecular complexity index is 1920.